The molecule has 0 N–H and O–H groups in total. The molecule has 0 aliphatic rings. The van der Waals surface area contributed by atoms with Gasteiger partial charge in [-0.3, -0.25) is 0 Å². The van der Waals surface area contributed by atoms with Gasteiger partial charge in [-0.25, -0.2) is 0 Å². The fraction of sp³-hybridized carbons (Fsp3) is 0.429. The molecule has 0 aromatic heterocycles. The molecule has 0 aliphatic carbocycles. The topological polar surface area (TPSA) is 3.24 Å². The number of nitrogens with zero attached hydrogens (tertiary/aromatic N) is 1. The minimum atomic E-state index is 0.939. The molecule has 0 radical (unpaired) electrons. The summed E-state index contributed by atoms with van der Waals surface area (Å²) in [5, 5.41) is 0. The van der Waals surface area contributed by atoms with E-state index in [4.69, 9.17) is 6.42 Å². The first-order chi connectivity index (χ1) is 7.27. The first-order valence-electron chi connectivity index (χ1n) is 5.55. The third-order valence-corrected chi connectivity index (χ3v) is 2.03. The molecule has 1 heteroatoms. The van der Waals surface area contributed by atoms with Gasteiger partial charge in [0.25, 0.3) is 0 Å². The molecular formula is C14H21N. The Labute approximate surface area is 94.1 Å². The Kier molecular flexibility index (Phi) is 7.18. The average molecular weight is 203 g/mol. The maximum atomic E-state index is 5.27. The van der Waals surface area contributed by atoms with E-state index in [1.807, 2.05) is 26.0 Å². The van der Waals surface area contributed by atoms with Gasteiger partial charge in [0.2, 0.25) is 0 Å². The maximum Gasteiger partial charge on any atom is 0.0364 e. The van der Waals surface area contributed by atoms with Gasteiger partial charge in [0, 0.05) is 24.8 Å². The van der Waals surface area contributed by atoms with Crippen LogP contribution in [0.3, 0.4) is 0 Å². The summed E-state index contributed by atoms with van der Waals surface area (Å²) in [7, 11) is 2.09. The van der Waals surface area contributed by atoms with E-state index in [1.165, 1.54) is 5.69 Å². The molecule has 0 aliphatic heterocycles. The summed E-state index contributed by atoms with van der Waals surface area (Å²) in [6.07, 6.45) is 6.43. The maximum absolute atomic E-state index is 5.27. The van der Waals surface area contributed by atoms with Crippen LogP contribution in [0.25, 0.3) is 0 Å². The molecule has 82 valence electrons. The molecule has 1 rings (SSSR count). The van der Waals surface area contributed by atoms with Crippen LogP contribution < -0.4 is 4.90 Å². The smallest absolute Gasteiger partial charge is 0.0364 e. The highest BCUT2D eigenvalue weighted by Gasteiger charge is 1.97. The summed E-state index contributed by atoms with van der Waals surface area (Å²) in [6, 6.07) is 8.07. The van der Waals surface area contributed by atoms with Gasteiger partial charge in [-0.05, 0) is 30.7 Å². The molecular weight excluding hydrogens is 182 g/mol. The molecule has 0 heterocycles. The van der Waals surface area contributed by atoms with E-state index in [1.54, 1.807) is 0 Å². The van der Waals surface area contributed by atoms with Gasteiger partial charge in [-0.15, -0.1) is 6.42 Å². The molecule has 0 atom stereocenters. The highest BCUT2D eigenvalue weighted by atomic mass is 15.1. The van der Waals surface area contributed by atoms with Gasteiger partial charge in [-0.1, -0.05) is 26.7 Å². The molecule has 0 unspecified atom stereocenters. The summed E-state index contributed by atoms with van der Waals surface area (Å²) >= 11 is 0. The van der Waals surface area contributed by atoms with Gasteiger partial charge in [0.05, 0.1) is 0 Å². The Bertz CT molecular complexity index is 292. The molecule has 0 spiro atoms. The van der Waals surface area contributed by atoms with Crippen molar-refractivity contribution in [3.63, 3.8) is 0 Å². The van der Waals surface area contributed by atoms with Crippen molar-refractivity contribution in [2.75, 3.05) is 18.5 Å². The molecule has 0 bridgehead atoms. The van der Waals surface area contributed by atoms with Crippen molar-refractivity contribution in [1.82, 2.24) is 0 Å². The van der Waals surface area contributed by atoms with E-state index >= 15 is 0 Å². The summed E-state index contributed by atoms with van der Waals surface area (Å²) in [6.45, 7) is 7.25. The number of anilines is 1. The number of hydrogen-bond donors (Lipinski definition) is 0. The molecule has 0 fully saturated rings. The van der Waals surface area contributed by atoms with Crippen LogP contribution in [0.1, 0.15) is 32.8 Å². The quantitative estimate of drug-likeness (QED) is 0.679. The van der Waals surface area contributed by atoms with Crippen LogP contribution >= 0.6 is 0 Å². The Morgan fingerprint density at radius 1 is 1.20 bits per heavy atom. The molecule has 1 aromatic carbocycles. The number of terminal acetylenes is 1. The summed E-state index contributed by atoms with van der Waals surface area (Å²) < 4.78 is 0. The van der Waals surface area contributed by atoms with Crippen molar-refractivity contribution in [3.05, 3.63) is 29.8 Å². The minimum Gasteiger partial charge on any atom is -0.375 e. The Balaban J connectivity index is 0.000000921. The Morgan fingerprint density at radius 2 is 1.73 bits per heavy atom. The van der Waals surface area contributed by atoms with Crippen molar-refractivity contribution in [2.45, 2.75) is 27.2 Å². The minimum absolute atomic E-state index is 0.939. The number of rotatable bonds is 3. The number of benzene rings is 1. The van der Waals surface area contributed by atoms with Crippen LogP contribution in [0.15, 0.2) is 24.3 Å². The van der Waals surface area contributed by atoms with E-state index in [0.29, 0.717) is 0 Å². The van der Waals surface area contributed by atoms with Crippen LogP contribution in [-0.4, -0.2) is 13.6 Å². The molecule has 0 saturated carbocycles. The lowest BCUT2D eigenvalue weighted by Crippen LogP contribution is -2.17. The molecule has 15 heavy (non-hydrogen) atoms. The zero-order chi connectivity index (χ0) is 11.7. The second-order valence-corrected chi connectivity index (χ2v) is 3.11. The summed E-state index contributed by atoms with van der Waals surface area (Å²) in [4.78, 5) is 2.22. The summed E-state index contributed by atoms with van der Waals surface area (Å²) in [5.41, 5.74) is 2.16. The fourth-order valence-electron chi connectivity index (χ4n) is 1.28. The van der Waals surface area contributed by atoms with Crippen molar-refractivity contribution in [2.24, 2.45) is 0 Å². The van der Waals surface area contributed by atoms with Crippen molar-refractivity contribution in [3.8, 4) is 12.3 Å². The third-order valence-electron chi connectivity index (χ3n) is 2.03. The van der Waals surface area contributed by atoms with E-state index in [9.17, 15) is 0 Å². The van der Waals surface area contributed by atoms with Crippen LogP contribution in [0, 0.1) is 12.3 Å². The predicted octanol–water partition coefficient (Wildman–Crippen LogP) is 3.54. The molecule has 0 amide bonds. The van der Waals surface area contributed by atoms with Crippen LogP contribution in [-0.2, 0) is 0 Å². The van der Waals surface area contributed by atoms with Crippen LogP contribution in [0.2, 0.25) is 0 Å². The lowest BCUT2D eigenvalue weighted by molar-refractivity contribution is 0.852. The van der Waals surface area contributed by atoms with E-state index in [2.05, 4.69) is 36.9 Å². The lowest BCUT2D eigenvalue weighted by Gasteiger charge is -2.17. The molecule has 1 aromatic rings. The van der Waals surface area contributed by atoms with Crippen molar-refractivity contribution in [1.29, 1.82) is 0 Å². The first-order valence-corrected chi connectivity index (χ1v) is 5.55. The zero-order valence-corrected chi connectivity index (χ0v) is 10.2. The van der Waals surface area contributed by atoms with Crippen LogP contribution in [0.5, 0.6) is 0 Å². The lowest BCUT2D eigenvalue weighted by atomic mass is 10.2. The second kappa shape index (κ2) is 7.94. The van der Waals surface area contributed by atoms with Crippen LogP contribution in [0.4, 0.5) is 5.69 Å². The van der Waals surface area contributed by atoms with Gasteiger partial charge in [0.15, 0.2) is 0 Å². The Hall–Kier alpha value is -1.42. The van der Waals surface area contributed by atoms with Gasteiger partial charge in [-0.2, -0.15) is 0 Å². The van der Waals surface area contributed by atoms with Crippen molar-refractivity contribution >= 4 is 5.69 Å². The van der Waals surface area contributed by atoms with Gasteiger partial charge < -0.3 is 4.90 Å². The third kappa shape index (κ3) is 4.56. The van der Waals surface area contributed by atoms with E-state index in [-0.39, 0.29) is 0 Å². The molecule has 1 nitrogen and oxygen atoms in total. The van der Waals surface area contributed by atoms with Gasteiger partial charge >= 0.3 is 0 Å². The van der Waals surface area contributed by atoms with E-state index < -0.39 is 0 Å². The van der Waals surface area contributed by atoms with E-state index in [0.717, 1.165) is 18.5 Å². The number of hydrogen-bond acceptors (Lipinski definition) is 1. The highest BCUT2D eigenvalue weighted by Crippen LogP contribution is 2.13. The second-order valence-electron chi connectivity index (χ2n) is 3.11. The predicted molar refractivity (Wildman–Crippen MR) is 69.3 cm³/mol. The largest absolute Gasteiger partial charge is 0.375 e. The SMILES string of the molecule is C#Cc1ccc(N(C)CCC)cc1.CC. The Morgan fingerprint density at radius 3 is 2.13 bits per heavy atom. The zero-order valence-electron chi connectivity index (χ0n) is 10.2. The first kappa shape index (κ1) is 13.6. The highest BCUT2D eigenvalue weighted by molar-refractivity contribution is 5.49. The molecule has 0 saturated heterocycles. The fourth-order valence-corrected chi connectivity index (χ4v) is 1.28. The standard InChI is InChI=1S/C12H15N.C2H6/c1-4-10-13(3)12-8-6-11(5-2)7-9-12;1-2/h2,6-9H,4,10H2,1,3H3;1-2H3. The normalized spacial score (nSPS) is 8.47. The van der Waals surface area contributed by atoms with Gasteiger partial charge in [0.1, 0.15) is 0 Å². The average Bonchev–Trinajstić information content (AvgIpc) is 2.32. The monoisotopic (exact) mass is 203 g/mol. The van der Waals surface area contributed by atoms with Crippen molar-refractivity contribution < 1.29 is 0 Å². The summed E-state index contributed by atoms with van der Waals surface area (Å²) in [5.74, 6) is 2.61.